The Labute approximate surface area is 173 Å². The van der Waals surface area contributed by atoms with Gasteiger partial charge < -0.3 is 19.5 Å². The summed E-state index contributed by atoms with van der Waals surface area (Å²) in [6.45, 7) is 1.12. The fourth-order valence-corrected chi connectivity index (χ4v) is 4.10. The molecule has 0 aliphatic carbocycles. The molecule has 1 aromatic heterocycles. The van der Waals surface area contributed by atoms with E-state index in [1.807, 2.05) is 36.8 Å². The zero-order valence-electron chi connectivity index (χ0n) is 16.2. The highest BCUT2D eigenvalue weighted by molar-refractivity contribution is 7.98. The van der Waals surface area contributed by atoms with Crippen LogP contribution in [0.3, 0.4) is 0 Å². The first-order valence-corrected chi connectivity index (χ1v) is 10.8. The Bertz CT molecular complexity index is 996. The summed E-state index contributed by atoms with van der Waals surface area (Å²) < 4.78 is 6.23. The van der Waals surface area contributed by atoms with Gasteiger partial charge in [0.05, 0.1) is 12.7 Å². The molecule has 1 amide bonds. The minimum Gasteiger partial charge on any atom is -0.530 e. The second-order valence-corrected chi connectivity index (χ2v) is 7.91. The Morgan fingerprint density at radius 3 is 2.69 bits per heavy atom. The lowest BCUT2D eigenvalue weighted by atomic mass is 9.88. The van der Waals surface area contributed by atoms with Crippen molar-refractivity contribution < 1.29 is 14.6 Å². The van der Waals surface area contributed by atoms with Crippen molar-refractivity contribution in [3.8, 4) is 0 Å². The molecule has 7 heteroatoms. The number of ether oxygens (including phenoxy) is 1. The van der Waals surface area contributed by atoms with Crippen LogP contribution in [0.15, 0.2) is 60.0 Å². The van der Waals surface area contributed by atoms with Crippen LogP contribution < -0.4 is 5.11 Å². The van der Waals surface area contributed by atoms with Gasteiger partial charge in [-0.3, -0.25) is 0 Å². The Kier molecular flexibility index (Phi) is 5.97. The van der Waals surface area contributed by atoms with Gasteiger partial charge in [-0.25, -0.2) is 9.97 Å². The molecule has 2 heterocycles. The first kappa shape index (κ1) is 19.7. The summed E-state index contributed by atoms with van der Waals surface area (Å²) >= 11 is 1.49. The lowest BCUT2D eigenvalue weighted by Gasteiger charge is -2.39. The molecular formula is C22H22N3O3S-. The summed E-state index contributed by atoms with van der Waals surface area (Å²) in [5, 5.41) is 14.4. The number of nitrogens with zero attached hydrogens (tertiary/aromatic N) is 3. The van der Waals surface area contributed by atoms with E-state index in [9.17, 15) is 9.90 Å². The first-order chi connectivity index (χ1) is 14.1. The van der Waals surface area contributed by atoms with Gasteiger partial charge in [0.1, 0.15) is 6.09 Å². The average molecular weight is 409 g/mol. The number of carboxylic acid groups (broad SMARTS) is 1. The molecule has 0 spiro atoms. The van der Waals surface area contributed by atoms with Crippen molar-refractivity contribution in [2.75, 3.05) is 19.3 Å². The van der Waals surface area contributed by atoms with Crippen molar-refractivity contribution in [3.63, 3.8) is 0 Å². The van der Waals surface area contributed by atoms with Gasteiger partial charge in [0.15, 0.2) is 5.16 Å². The molecule has 4 rings (SSSR count). The van der Waals surface area contributed by atoms with Gasteiger partial charge >= 0.3 is 0 Å². The Balaban J connectivity index is 1.52. The second-order valence-electron chi connectivity index (χ2n) is 7.14. The molecule has 3 aromatic rings. The van der Waals surface area contributed by atoms with E-state index in [4.69, 9.17) is 4.74 Å². The number of carbonyl (C=O) groups excluding carboxylic acids is 1. The van der Waals surface area contributed by atoms with E-state index in [0.29, 0.717) is 19.6 Å². The maximum absolute atomic E-state index is 11.4. The molecule has 0 N–H and O–H groups in total. The zero-order valence-corrected chi connectivity index (χ0v) is 17.0. The average Bonchev–Trinajstić information content (AvgIpc) is 2.77. The van der Waals surface area contributed by atoms with Crippen molar-refractivity contribution >= 4 is 28.6 Å². The predicted molar refractivity (Wildman–Crippen MR) is 111 cm³/mol. The van der Waals surface area contributed by atoms with Crippen LogP contribution in [0.5, 0.6) is 0 Å². The van der Waals surface area contributed by atoms with Crippen LogP contribution in [0.2, 0.25) is 0 Å². The first-order valence-electron chi connectivity index (χ1n) is 9.55. The van der Waals surface area contributed by atoms with Gasteiger partial charge in [-0.15, -0.1) is 0 Å². The SMILES string of the molecule is CSc1ncc(C2CCN(C(=O)[O-])CC2OCc2ccc3ccccc3c2)cn1. The van der Waals surface area contributed by atoms with Crippen LogP contribution >= 0.6 is 11.8 Å². The molecule has 0 bridgehead atoms. The van der Waals surface area contributed by atoms with Crippen molar-refractivity contribution in [2.24, 2.45) is 0 Å². The number of thioether (sulfide) groups is 1. The van der Waals surface area contributed by atoms with E-state index >= 15 is 0 Å². The third kappa shape index (κ3) is 4.52. The standard InChI is InChI=1S/C22H23N3O3S/c1-29-21-23-11-18(12-24-21)19-8-9-25(22(26)27)13-20(19)28-14-15-6-7-16-4-2-3-5-17(16)10-15/h2-7,10-12,19-20H,8-9,13-14H2,1H3,(H,26,27)/p-1. The summed E-state index contributed by atoms with van der Waals surface area (Å²) in [6, 6.07) is 14.4. The topological polar surface area (TPSA) is 78.4 Å². The summed E-state index contributed by atoms with van der Waals surface area (Å²) in [5.41, 5.74) is 2.03. The predicted octanol–water partition coefficient (Wildman–Crippen LogP) is 3.07. The van der Waals surface area contributed by atoms with Gasteiger partial charge in [-0.1, -0.05) is 48.2 Å². The van der Waals surface area contributed by atoms with E-state index in [1.54, 1.807) is 0 Å². The van der Waals surface area contributed by atoms with Crippen LogP contribution in [0.25, 0.3) is 10.8 Å². The van der Waals surface area contributed by atoms with Crippen molar-refractivity contribution in [3.05, 3.63) is 66.0 Å². The van der Waals surface area contributed by atoms with E-state index < -0.39 is 6.09 Å². The summed E-state index contributed by atoms with van der Waals surface area (Å²) in [7, 11) is 0. The number of aromatic nitrogens is 2. The van der Waals surface area contributed by atoms with E-state index in [2.05, 4.69) is 34.2 Å². The van der Waals surface area contributed by atoms with E-state index in [0.717, 1.165) is 21.7 Å². The number of hydrogen-bond donors (Lipinski definition) is 0. The van der Waals surface area contributed by atoms with Crippen molar-refractivity contribution in [1.82, 2.24) is 14.9 Å². The number of benzene rings is 2. The number of fused-ring (bicyclic) bond motifs is 1. The molecule has 29 heavy (non-hydrogen) atoms. The Morgan fingerprint density at radius 2 is 1.97 bits per heavy atom. The fraction of sp³-hybridized carbons (Fsp3) is 0.318. The quantitative estimate of drug-likeness (QED) is 0.477. The number of piperidine rings is 1. The molecule has 2 atom stereocenters. The lowest BCUT2D eigenvalue weighted by molar-refractivity contribution is -0.268. The number of hydrogen-bond acceptors (Lipinski definition) is 6. The Morgan fingerprint density at radius 1 is 1.21 bits per heavy atom. The largest absolute Gasteiger partial charge is 0.530 e. The molecule has 0 radical (unpaired) electrons. The van der Waals surface area contributed by atoms with Gasteiger partial charge in [0, 0.05) is 31.4 Å². The second kappa shape index (κ2) is 8.80. The molecule has 2 unspecified atom stereocenters. The van der Waals surface area contributed by atoms with Crippen LogP contribution in [0.4, 0.5) is 4.79 Å². The van der Waals surface area contributed by atoms with Crippen LogP contribution in [-0.2, 0) is 11.3 Å². The monoisotopic (exact) mass is 408 g/mol. The van der Waals surface area contributed by atoms with Crippen molar-refractivity contribution in [1.29, 1.82) is 0 Å². The highest BCUT2D eigenvalue weighted by Gasteiger charge is 2.31. The number of carbonyl (C=O) groups is 1. The third-order valence-corrected chi connectivity index (χ3v) is 5.93. The van der Waals surface area contributed by atoms with E-state index in [1.165, 1.54) is 22.0 Å². The normalized spacial score (nSPS) is 19.4. The highest BCUT2D eigenvalue weighted by atomic mass is 32.2. The smallest absolute Gasteiger partial charge is 0.187 e. The zero-order chi connectivity index (χ0) is 20.2. The minimum absolute atomic E-state index is 0.0435. The molecule has 1 saturated heterocycles. The number of amides is 1. The molecule has 1 aliphatic rings. The van der Waals surface area contributed by atoms with E-state index in [-0.39, 0.29) is 18.6 Å². The highest BCUT2D eigenvalue weighted by Crippen LogP contribution is 2.31. The van der Waals surface area contributed by atoms with Crippen LogP contribution in [0.1, 0.15) is 23.5 Å². The minimum atomic E-state index is -1.16. The van der Waals surface area contributed by atoms with Crippen LogP contribution in [-0.4, -0.2) is 46.4 Å². The van der Waals surface area contributed by atoms with Gasteiger partial charge in [-0.2, -0.15) is 0 Å². The van der Waals surface area contributed by atoms with Gasteiger partial charge in [0.2, 0.25) is 0 Å². The molecular weight excluding hydrogens is 386 g/mol. The maximum atomic E-state index is 11.4. The lowest BCUT2D eigenvalue weighted by Crippen LogP contribution is -2.51. The Hall–Kier alpha value is -2.64. The van der Waals surface area contributed by atoms with Crippen LogP contribution in [0, 0.1) is 0 Å². The number of likely N-dealkylation sites (tertiary alicyclic amines) is 1. The summed E-state index contributed by atoms with van der Waals surface area (Å²) in [5.74, 6) is 0.0435. The fourth-order valence-electron chi connectivity index (χ4n) is 3.79. The van der Waals surface area contributed by atoms with Gasteiger partial charge in [0.25, 0.3) is 0 Å². The molecule has 6 nitrogen and oxygen atoms in total. The summed E-state index contributed by atoms with van der Waals surface area (Å²) in [4.78, 5) is 21.4. The number of rotatable bonds is 5. The molecule has 0 saturated carbocycles. The third-order valence-electron chi connectivity index (χ3n) is 5.35. The van der Waals surface area contributed by atoms with Crippen molar-refractivity contribution in [2.45, 2.75) is 30.2 Å². The molecule has 2 aromatic carbocycles. The molecule has 150 valence electrons. The van der Waals surface area contributed by atoms with Gasteiger partial charge in [-0.05, 0) is 40.6 Å². The molecule has 1 fully saturated rings. The molecule has 1 aliphatic heterocycles. The summed E-state index contributed by atoms with van der Waals surface area (Å²) in [6.07, 6.45) is 4.80. The maximum Gasteiger partial charge on any atom is 0.187 e.